The van der Waals surface area contributed by atoms with Gasteiger partial charge in [0.1, 0.15) is 0 Å². The molecule has 6 nitrogen and oxygen atoms in total. The van der Waals surface area contributed by atoms with Crippen LogP contribution in [0.5, 0.6) is 0 Å². The number of aromatic nitrogens is 1. The van der Waals surface area contributed by atoms with Crippen LogP contribution in [0.1, 0.15) is 51.6 Å². The van der Waals surface area contributed by atoms with Gasteiger partial charge >= 0.3 is 6.03 Å². The molecule has 1 aliphatic rings. The van der Waals surface area contributed by atoms with Crippen LogP contribution in [0, 0.1) is 0 Å². The maximum atomic E-state index is 11.8. The van der Waals surface area contributed by atoms with E-state index in [0.29, 0.717) is 10.8 Å². The van der Waals surface area contributed by atoms with Crippen LogP contribution in [0.3, 0.4) is 0 Å². The number of hydrogen-bond acceptors (Lipinski definition) is 4. The van der Waals surface area contributed by atoms with Crippen LogP contribution < -0.4 is 16.0 Å². The maximum Gasteiger partial charge on any atom is 0.321 e. The molecule has 2 rings (SSSR count). The van der Waals surface area contributed by atoms with Crippen LogP contribution in [-0.4, -0.2) is 29.0 Å². The van der Waals surface area contributed by atoms with Gasteiger partial charge in [-0.1, -0.05) is 19.8 Å². The Hall–Kier alpha value is -1.63. The Labute approximate surface area is 135 Å². The van der Waals surface area contributed by atoms with Gasteiger partial charge < -0.3 is 10.6 Å². The average Bonchev–Trinajstić information content (AvgIpc) is 3.10. The van der Waals surface area contributed by atoms with E-state index < -0.39 is 0 Å². The van der Waals surface area contributed by atoms with E-state index in [9.17, 15) is 9.59 Å². The molecule has 1 aromatic heterocycles. The number of rotatable bonds is 6. The molecule has 0 aromatic carbocycles. The Kier molecular flexibility index (Phi) is 6.18. The first-order chi connectivity index (χ1) is 10.6. The first kappa shape index (κ1) is 16.7. The molecular weight excluding hydrogens is 300 g/mol. The van der Waals surface area contributed by atoms with Crippen LogP contribution in [0.4, 0.5) is 9.93 Å². The second kappa shape index (κ2) is 8.12. The standard InChI is InChI=1S/C15H24N4O2S/c1-3-10(2)16-13(20)8-12-9-22-15(18-12)19-14(21)17-11-6-4-5-7-11/h9-11H,3-8H2,1-2H3,(H,16,20)(H2,17,18,19,21). The van der Waals surface area contributed by atoms with Gasteiger partial charge in [0, 0.05) is 17.5 Å². The van der Waals surface area contributed by atoms with Gasteiger partial charge in [0.15, 0.2) is 5.13 Å². The third-order valence-corrected chi connectivity index (χ3v) is 4.63. The van der Waals surface area contributed by atoms with Crippen molar-refractivity contribution in [3.8, 4) is 0 Å². The molecule has 122 valence electrons. The summed E-state index contributed by atoms with van der Waals surface area (Å²) in [6, 6.07) is 0.235. The smallest absolute Gasteiger partial charge is 0.321 e. The second-order valence-electron chi connectivity index (χ2n) is 5.78. The minimum Gasteiger partial charge on any atom is -0.353 e. The van der Waals surface area contributed by atoms with Crippen molar-refractivity contribution >= 4 is 28.4 Å². The van der Waals surface area contributed by atoms with Gasteiger partial charge in [-0.2, -0.15) is 0 Å². The third kappa shape index (κ3) is 5.29. The molecule has 1 atom stereocenters. The molecule has 1 heterocycles. The largest absolute Gasteiger partial charge is 0.353 e. The molecule has 1 fully saturated rings. The molecule has 1 aromatic rings. The normalized spacial score (nSPS) is 16.3. The summed E-state index contributed by atoms with van der Waals surface area (Å²) in [5, 5.41) is 10.9. The van der Waals surface area contributed by atoms with E-state index in [1.807, 2.05) is 13.8 Å². The maximum absolute atomic E-state index is 11.8. The summed E-state index contributed by atoms with van der Waals surface area (Å²) in [5.41, 5.74) is 0.682. The van der Waals surface area contributed by atoms with Gasteiger partial charge in [0.25, 0.3) is 0 Å². The Morgan fingerprint density at radius 3 is 2.82 bits per heavy atom. The molecule has 0 spiro atoms. The van der Waals surface area contributed by atoms with Gasteiger partial charge in [-0.15, -0.1) is 11.3 Å². The van der Waals surface area contributed by atoms with Gasteiger partial charge in [0.05, 0.1) is 12.1 Å². The number of hydrogen-bond donors (Lipinski definition) is 3. The first-order valence-corrected chi connectivity index (χ1v) is 8.76. The molecule has 7 heteroatoms. The van der Waals surface area contributed by atoms with Crippen molar-refractivity contribution < 1.29 is 9.59 Å². The molecule has 1 aliphatic carbocycles. The van der Waals surface area contributed by atoms with E-state index in [2.05, 4.69) is 20.9 Å². The van der Waals surface area contributed by atoms with E-state index >= 15 is 0 Å². The summed E-state index contributed by atoms with van der Waals surface area (Å²) in [5.74, 6) is -0.0402. The molecule has 1 saturated carbocycles. The molecule has 0 bridgehead atoms. The molecule has 0 aliphatic heterocycles. The number of anilines is 1. The Balaban J connectivity index is 1.78. The van der Waals surface area contributed by atoms with Crippen LogP contribution >= 0.6 is 11.3 Å². The molecule has 3 N–H and O–H groups in total. The number of amides is 3. The van der Waals surface area contributed by atoms with Crippen molar-refractivity contribution in [2.24, 2.45) is 0 Å². The fraction of sp³-hybridized carbons (Fsp3) is 0.667. The van der Waals surface area contributed by atoms with Crippen molar-refractivity contribution in [1.82, 2.24) is 15.6 Å². The number of thiazole rings is 1. The van der Waals surface area contributed by atoms with Crippen molar-refractivity contribution in [3.63, 3.8) is 0 Å². The number of nitrogens with zero attached hydrogens (tertiary/aromatic N) is 1. The predicted molar refractivity (Wildman–Crippen MR) is 88.1 cm³/mol. The Morgan fingerprint density at radius 2 is 2.14 bits per heavy atom. The second-order valence-corrected chi connectivity index (χ2v) is 6.64. The van der Waals surface area contributed by atoms with Crippen molar-refractivity contribution in [2.75, 3.05) is 5.32 Å². The lowest BCUT2D eigenvalue weighted by atomic mass is 10.2. The predicted octanol–water partition coefficient (Wildman–Crippen LogP) is 2.66. The fourth-order valence-corrected chi connectivity index (χ4v) is 3.13. The number of carbonyl (C=O) groups excluding carboxylic acids is 2. The fourth-order valence-electron chi connectivity index (χ4n) is 2.43. The Bertz CT molecular complexity index is 511. The highest BCUT2D eigenvalue weighted by Gasteiger charge is 2.17. The van der Waals surface area contributed by atoms with E-state index in [1.54, 1.807) is 5.38 Å². The lowest BCUT2D eigenvalue weighted by Crippen LogP contribution is -2.36. The highest BCUT2D eigenvalue weighted by atomic mass is 32.1. The van der Waals surface area contributed by atoms with Crippen molar-refractivity contribution in [3.05, 3.63) is 11.1 Å². The topological polar surface area (TPSA) is 83.1 Å². The minimum absolute atomic E-state index is 0.0402. The van der Waals surface area contributed by atoms with Gasteiger partial charge in [-0.05, 0) is 26.2 Å². The van der Waals surface area contributed by atoms with E-state index in [0.717, 1.165) is 19.3 Å². The van der Waals surface area contributed by atoms with Gasteiger partial charge in [-0.3, -0.25) is 10.1 Å². The summed E-state index contributed by atoms with van der Waals surface area (Å²) >= 11 is 1.34. The molecule has 3 amide bonds. The summed E-state index contributed by atoms with van der Waals surface area (Å²) in [6.45, 7) is 4.00. The highest BCUT2D eigenvalue weighted by Crippen LogP contribution is 2.19. The van der Waals surface area contributed by atoms with Crippen molar-refractivity contribution in [1.29, 1.82) is 0 Å². The summed E-state index contributed by atoms with van der Waals surface area (Å²) in [6.07, 6.45) is 5.59. The van der Waals surface area contributed by atoms with Crippen LogP contribution in [0.25, 0.3) is 0 Å². The van der Waals surface area contributed by atoms with Crippen LogP contribution in [-0.2, 0) is 11.2 Å². The number of urea groups is 1. The van der Waals surface area contributed by atoms with Gasteiger partial charge in [-0.25, -0.2) is 9.78 Å². The number of carbonyl (C=O) groups is 2. The summed E-state index contributed by atoms with van der Waals surface area (Å²) < 4.78 is 0. The molecule has 0 saturated heterocycles. The molecule has 22 heavy (non-hydrogen) atoms. The highest BCUT2D eigenvalue weighted by molar-refractivity contribution is 7.13. The van der Waals surface area contributed by atoms with Crippen LogP contribution in [0.15, 0.2) is 5.38 Å². The zero-order valence-electron chi connectivity index (χ0n) is 13.1. The molecular formula is C15H24N4O2S. The zero-order valence-corrected chi connectivity index (χ0v) is 14.0. The molecule has 0 radical (unpaired) electrons. The lowest BCUT2D eigenvalue weighted by molar-refractivity contribution is -0.121. The van der Waals surface area contributed by atoms with Gasteiger partial charge in [0.2, 0.25) is 5.91 Å². The van der Waals surface area contributed by atoms with E-state index in [4.69, 9.17) is 0 Å². The van der Waals surface area contributed by atoms with E-state index in [-0.39, 0.29) is 30.4 Å². The summed E-state index contributed by atoms with van der Waals surface area (Å²) in [7, 11) is 0. The quantitative estimate of drug-likeness (QED) is 0.752. The summed E-state index contributed by atoms with van der Waals surface area (Å²) in [4.78, 5) is 27.9. The van der Waals surface area contributed by atoms with Crippen LogP contribution in [0.2, 0.25) is 0 Å². The lowest BCUT2D eigenvalue weighted by Gasteiger charge is -2.11. The van der Waals surface area contributed by atoms with Crippen molar-refractivity contribution in [2.45, 2.75) is 64.5 Å². The molecule has 1 unspecified atom stereocenters. The van der Waals surface area contributed by atoms with E-state index in [1.165, 1.54) is 24.2 Å². The Morgan fingerprint density at radius 1 is 1.41 bits per heavy atom. The SMILES string of the molecule is CCC(C)NC(=O)Cc1csc(NC(=O)NC2CCCC2)n1. The number of nitrogens with one attached hydrogen (secondary N) is 3. The third-order valence-electron chi connectivity index (χ3n) is 3.82. The minimum atomic E-state index is -0.211. The zero-order chi connectivity index (χ0) is 15.9. The average molecular weight is 324 g/mol. The first-order valence-electron chi connectivity index (χ1n) is 7.88. The monoisotopic (exact) mass is 324 g/mol.